The Morgan fingerprint density at radius 3 is 2.50 bits per heavy atom. The molecule has 0 amide bonds. The normalized spacial score (nSPS) is 10.3. The number of halogens is 1. The van der Waals surface area contributed by atoms with Gasteiger partial charge in [0.25, 0.3) is 0 Å². The topological polar surface area (TPSA) is 0 Å². The molecule has 0 N–H and O–H groups in total. The van der Waals surface area contributed by atoms with Crippen LogP contribution >= 0.6 is 15.9 Å². The first-order chi connectivity index (χ1) is 2.91. The molecule has 0 aromatic carbocycles. The molecule has 6 heavy (non-hydrogen) atoms. The van der Waals surface area contributed by atoms with Gasteiger partial charge in [-0.1, -0.05) is 28.9 Å². The lowest BCUT2D eigenvalue weighted by Gasteiger charge is -1.74. The van der Waals surface area contributed by atoms with Crippen molar-refractivity contribution in [2.24, 2.45) is 0 Å². The monoisotopic (exact) mass is 147 g/mol. The quantitative estimate of drug-likeness (QED) is 0.564. The highest BCUT2D eigenvalue weighted by atomic mass is 79.9. The lowest BCUT2D eigenvalue weighted by atomic mass is 10.3. The van der Waals surface area contributed by atoms with Crippen LogP contribution in [-0.2, 0) is 0 Å². The van der Waals surface area contributed by atoms with Crippen molar-refractivity contribution in [2.75, 3.05) is 0 Å². The van der Waals surface area contributed by atoms with Crippen LogP contribution in [0.15, 0.2) is 11.1 Å². The molecule has 0 atom stereocenters. The molecule has 0 aliphatic rings. The van der Waals surface area contributed by atoms with Crippen LogP contribution in [0.2, 0.25) is 0 Å². The Bertz CT molecular complexity index is 39.2. The van der Waals surface area contributed by atoms with E-state index in [2.05, 4.69) is 29.3 Å². The van der Waals surface area contributed by atoms with Crippen molar-refractivity contribution >= 4 is 15.9 Å². The van der Waals surface area contributed by atoms with Gasteiger partial charge in [-0.25, -0.2) is 0 Å². The summed E-state index contributed by atoms with van der Waals surface area (Å²) >= 11 is 3.14. The van der Waals surface area contributed by atoms with E-state index in [0.717, 1.165) is 6.42 Å². The number of hydrogen-bond donors (Lipinski definition) is 0. The third kappa shape index (κ3) is 4.22. The lowest BCUT2D eigenvalue weighted by molar-refractivity contribution is 1.15. The summed E-state index contributed by atoms with van der Waals surface area (Å²) in [6.07, 6.45) is 5.16. The average Bonchev–Trinajstić information content (AvgIpc) is 1.61. The molecular weight excluding hydrogens is 140 g/mol. The van der Waals surface area contributed by atoms with Gasteiger partial charge < -0.3 is 0 Å². The first-order valence-electron chi connectivity index (χ1n) is 2.00. The van der Waals surface area contributed by atoms with Crippen LogP contribution in [0.1, 0.15) is 13.3 Å². The maximum atomic E-state index is 3.14. The zero-order chi connectivity index (χ0) is 4.83. The minimum atomic E-state index is 1.11. The molecule has 35 valence electrons. The summed E-state index contributed by atoms with van der Waals surface area (Å²) in [4.78, 5) is 1.84. The van der Waals surface area contributed by atoms with Crippen molar-refractivity contribution < 1.29 is 0 Å². The molecule has 0 aliphatic carbocycles. The second-order valence-electron chi connectivity index (χ2n) is 0.962. The summed E-state index contributed by atoms with van der Waals surface area (Å²) in [5.74, 6) is 0. The lowest BCUT2D eigenvalue weighted by Crippen LogP contribution is -1.56. The molecular formula is C5H8Br. The fraction of sp³-hybridized carbons (Fsp3) is 0.400. The van der Waals surface area contributed by atoms with Crippen molar-refractivity contribution in [1.29, 1.82) is 0 Å². The van der Waals surface area contributed by atoms with Crippen molar-refractivity contribution in [3.05, 3.63) is 17.5 Å². The molecule has 0 nitrogen and oxygen atoms in total. The van der Waals surface area contributed by atoms with Crippen LogP contribution < -0.4 is 0 Å². The van der Waals surface area contributed by atoms with Gasteiger partial charge in [0.1, 0.15) is 0 Å². The van der Waals surface area contributed by atoms with E-state index in [1.54, 1.807) is 0 Å². The summed E-state index contributed by atoms with van der Waals surface area (Å²) in [6, 6.07) is 0. The third-order valence-corrected chi connectivity index (χ3v) is 0.750. The minimum absolute atomic E-state index is 1.11. The molecule has 0 heterocycles. The van der Waals surface area contributed by atoms with E-state index in [1.807, 2.05) is 11.1 Å². The molecule has 0 spiro atoms. The smallest absolute Gasteiger partial charge is 0.0165 e. The molecule has 0 aromatic rings. The second-order valence-corrected chi connectivity index (χ2v) is 1.49. The largest absolute Gasteiger partial charge is 0.0739 e. The summed E-state index contributed by atoms with van der Waals surface area (Å²) in [5.41, 5.74) is 0. The summed E-state index contributed by atoms with van der Waals surface area (Å²) in [6.45, 7) is 2.10. The molecule has 0 bridgehead atoms. The number of hydrogen-bond acceptors (Lipinski definition) is 0. The van der Waals surface area contributed by atoms with E-state index in [4.69, 9.17) is 0 Å². The van der Waals surface area contributed by atoms with Crippen molar-refractivity contribution in [1.82, 2.24) is 0 Å². The zero-order valence-electron chi connectivity index (χ0n) is 3.82. The van der Waals surface area contributed by atoms with Gasteiger partial charge in [-0.3, -0.25) is 0 Å². The number of allylic oxidation sites excluding steroid dienone is 1. The van der Waals surface area contributed by atoms with E-state index >= 15 is 0 Å². The van der Waals surface area contributed by atoms with Gasteiger partial charge >= 0.3 is 0 Å². The molecule has 0 fully saturated rings. The van der Waals surface area contributed by atoms with E-state index in [9.17, 15) is 0 Å². The van der Waals surface area contributed by atoms with Crippen LogP contribution in [-0.4, -0.2) is 0 Å². The van der Waals surface area contributed by atoms with Gasteiger partial charge in [0.2, 0.25) is 0 Å². The van der Waals surface area contributed by atoms with Crippen LogP contribution in [0.5, 0.6) is 0 Å². The molecule has 0 saturated heterocycles. The van der Waals surface area contributed by atoms with Crippen LogP contribution in [0.3, 0.4) is 0 Å². The van der Waals surface area contributed by atoms with E-state index < -0.39 is 0 Å². The third-order valence-electron chi connectivity index (χ3n) is 0.445. The highest BCUT2D eigenvalue weighted by Gasteiger charge is 1.66. The first kappa shape index (κ1) is 6.22. The van der Waals surface area contributed by atoms with Crippen molar-refractivity contribution in [2.45, 2.75) is 13.3 Å². The molecule has 1 radical (unpaired) electrons. The number of unbranched alkanes of at least 4 members (excludes halogenated alkanes) is 1. The predicted octanol–water partition coefficient (Wildman–Crippen LogP) is 2.51. The molecule has 0 unspecified atom stereocenters. The Kier molecular flexibility index (Phi) is 5.41. The predicted molar refractivity (Wildman–Crippen MR) is 32.7 cm³/mol. The molecule has 0 aliphatic heterocycles. The molecule has 0 saturated carbocycles. The van der Waals surface area contributed by atoms with Crippen molar-refractivity contribution in [3.63, 3.8) is 0 Å². The average molecular weight is 148 g/mol. The van der Waals surface area contributed by atoms with E-state index in [-0.39, 0.29) is 0 Å². The maximum absolute atomic E-state index is 3.14. The van der Waals surface area contributed by atoms with Gasteiger partial charge in [-0.2, -0.15) is 0 Å². The summed E-state index contributed by atoms with van der Waals surface area (Å²) < 4.78 is 0. The maximum Gasteiger partial charge on any atom is -0.0165 e. The van der Waals surface area contributed by atoms with E-state index in [0.29, 0.717) is 0 Å². The summed E-state index contributed by atoms with van der Waals surface area (Å²) in [5, 5.41) is 0. The Hall–Kier alpha value is 0.220. The van der Waals surface area contributed by atoms with Gasteiger partial charge in [0.15, 0.2) is 0 Å². The molecule has 0 aromatic heterocycles. The number of rotatable bonds is 2. The highest BCUT2D eigenvalue weighted by molar-refractivity contribution is 9.11. The Balaban J connectivity index is 2.66. The van der Waals surface area contributed by atoms with Crippen LogP contribution in [0, 0.1) is 6.42 Å². The Labute approximate surface area is 47.4 Å². The highest BCUT2D eigenvalue weighted by Crippen LogP contribution is 1.88. The Morgan fingerprint density at radius 2 is 2.33 bits per heavy atom. The molecule has 0 rings (SSSR count). The fourth-order valence-electron chi connectivity index (χ4n) is 0.188. The van der Waals surface area contributed by atoms with Crippen LogP contribution in [0.25, 0.3) is 0 Å². The second kappa shape index (κ2) is 5.22. The molecule has 1 heteroatoms. The zero-order valence-corrected chi connectivity index (χ0v) is 5.40. The van der Waals surface area contributed by atoms with Gasteiger partial charge in [0.05, 0.1) is 0 Å². The first-order valence-corrected chi connectivity index (χ1v) is 2.92. The summed E-state index contributed by atoms with van der Waals surface area (Å²) in [7, 11) is 0. The minimum Gasteiger partial charge on any atom is -0.0739 e. The van der Waals surface area contributed by atoms with Crippen molar-refractivity contribution in [3.8, 4) is 0 Å². The Morgan fingerprint density at radius 1 is 1.67 bits per heavy atom. The van der Waals surface area contributed by atoms with Crippen LogP contribution in [0.4, 0.5) is 0 Å². The standard InChI is InChI=1S/C5H8Br/c1-2-3-4-5-6/h3-5H,2H2,1H3. The SMILES string of the molecule is CC[CH]C=CBr. The van der Waals surface area contributed by atoms with E-state index in [1.165, 1.54) is 0 Å². The fourth-order valence-corrected chi connectivity index (χ4v) is 0.403. The van der Waals surface area contributed by atoms with Gasteiger partial charge in [-0.15, -0.1) is 0 Å². The van der Waals surface area contributed by atoms with Gasteiger partial charge in [-0.05, 0) is 17.8 Å². The van der Waals surface area contributed by atoms with Gasteiger partial charge in [0, 0.05) is 0 Å².